The minimum absolute atomic E-state index is 0.861. The largest absolute Gasteiger partial charge is 0.423 e. The lowest BCUT2D eigenvalue weighted by atomic mass is 10.5. The van der Waals surface area contributed by atoms with Crippen molar-refractivity contribution in [3.63, 3.8) is 0 Å². The van der Waals surface area contributed by atoms with E-state index >= 15 is 0 Å². The molecule has 0 aliphatic carbocycles. The van der Waals surface area contributed by atoms with Crippen molar-refractivity contribution in [2.45, 2.75) is 25.4 Å². The Balaban J connectivity index is 3.19. The summed E-state index contributed by atoms with van der Waals surface area (Å²) in [4.78, 5) is 0. The normalized spacial score (nSPS) is 13.1. The van der Waals surface area contributed by atoms with E-state index in [0.717, 1.165) is 12.5 Å². The van der Waals surface area contributed by atoms with Crippen molar-refractivity contribution in [2.24, 2.45) is 0 Å². The van der Waals surface area contributed by atoms with Gasteiger partial charge in [-0.2, -0.15) is 0 Å². The molecule has 0 aliphatic heterocycles. The maximum absolute atomic E-state index is 6.79. The molecule has 0 aliphatic rings. The van der Waals surface area contributed by atoms with Crippen molar-refractivity contribution < 1.29 is 4.43 Å². The van der Waals surface area contributed by atoms with Gasteiger partial charge in [-0.15, -0.1) is 0 Å². The smallest absolute Gasteiger partial charge is 0.176 e. The molecule has 0 rings (SSSR count). The molecule has 54 valence electrons. The molecule has 0 aromatic rings. The van der Waals surface area contributed by atoms with Crippen LogP contribution in [0.3, 0.4) is 0 Å². The molecule has 0 spiro atoms. The zero-order valence-corrected chi connectivity index (χ0v) is 7.34. The molecular formula is C6H15NOSi. The monoisotopic (exact) mass is 145 g/mol. The highest BCUT2D eigenvalue weighted by atomic mass is 28.3. The van der Waals surface area contributed by atoms with Crippen LogP contribution in [0.1, 0.15) is 13.3 Å². The third-order valence-electron chi connectivity index (χ3n) is 1.42. The van der Waals surface area contributed by atoms with Crippen molar-refractivity contribution in [1.29, 1.82) is 5.41 Å². The van der Waals surface area contributed by atoms with Crippen LogP contribution in [0.2, 0.25) is 12.1 Å². The van der Waals surface area contributed by atoms with Crippen LogP contribution in [0.25, 0.3) is 0 Å². The Morgan fingerprint density at radius 1 is 1.67 bits per heavy atom. The lowest BCUT2D eigenvalue weighted by Gasteiger charge is -2.07. The third-order valence-corrected chi connectivity index (χ3v) is 3.98. The molecule has 0 aromatic carbocycles. The first kappa shape index (κ1) is 8.85. The summed E-state index contributed by atoms with van der Waals surface area (Å²) in [6.45, 7) is 2.16. The zero-order chi connectivity index (χ0) is 7.11. The van der Waals surface area contributed by atoms with Crippen molar-refractivity contribution in [3.8, 4) is 0 Å². The van der Waals surface area contributed by atoms with Crippen LogP contribution in [-0.4, -0.2) is 22.4 Å². The second-order valence-corrected chi connectivity index (χ2v) is 5.16. The van der Waals surface area contributed by atoms with Crippen LogP contribution < -0.4 is 0 Å². The third kappa shape index (κ3) is 4.36. The van der Waals surface area contributed by atoms with Crippen molar-refractivity contribution in [3.05, 3.63) is 0 Å². The minimum Gasteiger partial charge on any atom is -0.423 e. The lowest BCUT2D eigenvalue weighted by molar-refractivity contribution is 0.419. The summed E-state index contributed by atoms with van der Waals surface area (Å²) in [5.41, 5.74) is 0. The summed E-state index contributed by atoms with van der Waals surface area (Å²) in [6.07, 6.45) is 2.37. The molecule has 0 bridgehead atoms. The van der Waals surface area contributed by atoms with Crippen LogP contribution in [0.15, 0.2) is 0 Å². The fraction of sp³-hybridized carbons (Fsp3) is 0.833. The Morgan fingerprint density at radius 2 is 2.33 bits per heavy atom. The quantitative estimate of drug-likeness (QED) is 0.460. The number of rotatable bonds is 5. The van der Waals surface area contributed by atoms with Gasteiger partial charge in [0.1, 0.15) is 0 Å². The van der Waals surface area contributed by atoms with E-state index in [2.05, 4.69) is 6.92 Å². The van der Waals surface area contributed by atoms with Gasteiger partial charge in [-0.25, -0.2) is 0 Å². The molecule has 0 saturated heterocycles. The van der Waals surface area contributed by atoms with E-state index in [4.69, 9.17) is 9.84 Å². The van der Waals surface area contributed by atoms with Gasteiger partial charge in [-0.3, -0.25) is 0 Å². The fourth-order valence-electron chi connectivity index (χ4n) is 0.758. The lowest BCUT2D eigenvalue weighted by Crippen LogP contribution is -2.13. The van der Waals surface area contributed by atoms with Gasteiger partial charge >= 0.3 is 0 Å². The minimum atomic E-state index is -0.861. The highest BCUT2D eigenvalue weighted by Crippen LogP contribution is 2.00. The molecule has 0 saturated carbocycles. The molecule has 2 nitrogen and oxygen atoms in total. The van der Waals surface area contributed by atoms with Gasteiger partial charge in [0, 0.05) is 7.11 Å². The average molecular weight is 145 g/mol. The van der Waals surface area contributed by atoms with Gasteiger partial charge in [0.15, 0.2) is 9.04 Å². The summed E-state index contributed by atoms with van der Waals surface area (Å²) < 4.78 is 5.24. The maximum Gasteiger partial charge on any atom is 0.176 e. The summed E-state index contributed by atoms with van der Waals surface area (Å²) >= 11 is 0. The molecule has 3 heteroatoms. The Kier molecular flexibility index (Phi) is 5.87. The van der Waals surface area contributed by atoms with Gasteiger partial charge < -0.3 is 9.84 Å². The fourth-order valence-corrected chi connectivity index (χ4v) is 2.27. The molecule has 0 radical (unpaired) electrons. The van der Waals surface area contributed by atoms with Gasteiger partial charge in [-0.1, -0.05) is 6.92 Å². The molecule has 0 aromatic heterocycles. The molecular weight excluding hydrogens is 130 g/mol. The van der Waals surface area contributed by atoms with Crippen molar-refractivity contribution in [2.75, 3.05) is 7.11 Å². The molecule has 0 fully saturated rings. The second kappa shape index (κ2) is 5.97. The predicted octanol–water partition coefficient (Wildman–Crippen LogP) is 1.42. The Hall–Kier alpha value is -0.153. The summed E-state index contributed by atoms with van der Waals surface area (Å²) in [7, 11) is 0.921. The van der Waals surface area contributed by atoms with Crippen LogP contribution >= 0.6 is 0 Å². The van der Waals surface area contributed by atoms with Gasteiger partial charge in [0.05, 0.1) is 0 Å². The first-order valence-electron chi connectivity index (χ1n) is 3.36. The van der Waals surface area contributed by atoms with Gasteiger partial charge in [0.2, 0.25) is 0 Å². The molecule has 9 heavy (non-hydrogen) atoms. The van der Waals surface area contributed by atoms with E-state index in [1.165, 1.54) is 12.3 Å². The van der Waals surface area contributed by atoms with Crippen molar-refractivity contribution >= 4 is 15.3 Å². The van der Waals surface area contributed by atoms with E-state index < -0.39 is 9.04 Å². The molecule has 0 amide bonds. The second-order valence-electron chi connectivity index (χ2n) is 2.05. The van der Waals surface area contributed by atoms with E-state index in [9.17, 15) is 0 Å². The molecule has 0 heterocycles. The van der Waals surface area contributed by atoms with E-state index in [-0.39, 0.29) is 0 Å². The van der Waals surface area contributed by atoms with Crippen LogP contribution in [0, 0.1) is 5.41 Å². The van der Waals surface area contributed by atoms with Crippen LogP contribution in [-0.2, 0) is 4.43 Å². The molecule has 1 N–H and O–H groups in total. The number of nitrogens with one attached hydrogen (secondary N) is 1. The van der Waals surface area contributed by atoms with Gasteiger partial charge in [-0.05, 0) is 24.7 Å². The predicted molar refractivity (Wildman–Crippen MR) is 42.8 cm³/mol. The molecule has 1 unspecified atom stereocenters. The number of hydrogen-bond donors (Lipinski definition) is 1. The highest BCUT2D eigenvalue weighted by Gasteiger charge is 2.03. The first-order valence-corrected chi connectivity index (χ1v) is 5.47. The standard InChI is InChI=1S/C6H15NOSi/c1-3-9(8-2)6-4-5-7/h5,7,9H,3-4,6H2,1-2H3. The summed E-state index contributed by atoms with van der Waals surface area (Å²) in [6, 6.07) is 2.31. The van der Waals surface area contributed by atoms with Crippen LogP contribution in [0.4, 0.5) is 0 Å². The maximum atomic E-state index is 6.79. The first-order chi connectivity index (χ1) is 4.35. The van der Waals surface area contributed by atoms with E-state index in [1.54, 1.807) is 7.11 Å². The van der Waals surface area contributed by atoms with E-state index in [1.807, 2.05) is 0 Å². The van der Waals surface area contributed by atoms with E-state index in [0.29, 0.717) is 0 Å². The molecule has 1 atom stereocenters. The Morgan fingerprint density at radius 3 is 2.67 bits per heavy atom. The highest BCUT2D eigenvalue weighted by molar-refractivity contribution is 6.51. The SMILES string of the molecule is CC[SiH](CCC=N)OC. The topological polar surface area (TPSA) is 33.1 Å². The van der Waals surface area contributed by atoms with Gasteiger partial charge in [0.25, 0.3) is 0 Å². The average Bonchev–Trinajstić information content (AvgIpc) is 1.91. The van der Waals surface area contributed by atoms with Crippen molar-refractivity contribution in [1.82, 2.24) is 0 Å². The number of hydrogen-bond acceptors (Lipinski definition) is 2. The van der Waals surface area contributed by atoms with Crippen LogP contribution in [0.5, 0.6) is 0 Å². The Bertz CT molecular complexity index is 73.5. The summed E-state index contributed by atoms with van der Waals surface area (Å²) in [5.74, 6) is 0. The summed E-state index contributed by atoms with van der Waals surface area (Å²) in [5, 5.41) is 6.79. The zero-order valence-electron chi connectivity index (χ0n) is 6.18. The Labute approximate surface area is 58.5 Å².